The van der Waals surface area contributed by atoms with E-state index in [4.69, 9.17) is 4.74 Å². The first-order chi connectivity index (χ1) is 10.7. The molecule has 0 radical (unpaired) electrons. The largest absolute Gasteiger partial charge is 0.444 e. The molecule has 1 saturated heterocycles. The van der Waals surface area contributed by atoms with Gasteiger partial charge in [-0.2, -0.15) is 5.10 Å². The Balaban J connectivity index is 1.96. The maximum Gasteiger partial charge on any atom is 0.410 e. The van der Waals surface area contributed by atoms with Gasteiger partial charge in [-0.3, -0.25) is 9.48 Å². The summed E-state index contributed by atoms with van der Waals surface area (Å²) in [6.07, 6.45) is 2.92. The van der Waals surface area contributed by atoms with Crippen LogP contribution in [0.15, 0.2) is 10.7 Å². The number of rotatable bonds is 2. The third kappa shape index (κ3) is 4.70. The number of likely N-dealkylation sites (tertiary alicyclic amines) is 1. The van der Waals surface area contributed by atoms with E-state index in [9.17, 15) is 9.59 Å². The van der Waals surface area contributed by atoms with Crippen molar-refractivity contribution >= 4 is 27.9 Å². The van der Waals surface area contributed by atoms with Crippen molar-refractivity contribution in [2.45, 2.75) is 45.3 Å². The average molecular weight is 387 g/mol. The van der Waals surface area contributed by atoms with E-state index >= 15 is 0 Å². The summed E-state index contributed by atoms with van der Waals surface area (Å²) in [7, 11) is 1.72. The van der Waals surface area contributed by atoms with Crippen molar-refractivity contribution in [1.29, 1.82) is 0 Å². The highest BCUT2D eigenvalue weighted by atomic mass is 79.9. The van der Waals surface area contributed by atoms with E-state index in [1.165, 1.54) is 4.68 Å². The van der Waals surface area contributed by atoms with E-state index in [0.29, 0.717) is 23.3 Å². The molecule has 128 valence electrons. The third-order valence-corrected chi connectivity index (χ3v) is 4.10. The summed E-state index contributed by atoms with van der Waals surface area (Å²) in [6, 6.07) is -0.0921. The van der Waals surface area contributed by atoms with Crippen LogP contribution in [-0.2, 0) is 11.8 Å². The molecule has 2 rings (SSSR count). The molecular formula is C15H23BrN4O3. The Morgan fingerprint density at radius 1 is 1.43 bits per heavy atom. The smallest absolute Gasteiger partial charge is 0.410 e. The number of amides is 2. The number of hydrogen-bond donors (Lipinski definition) is 1. The molecule has 0 unspecified atom stereocenters. The van der Waals surface area contributed by atoms with Gasteiger partial charge in [0.2, 0.25) is 0 Å². The minimum absolute atomic E-state index is 0.0921. The zero-order valence-corrected chi connectivity index (χ0v) is 15.5. The molecule has 2 amide bonds. The second-order valence-corrected chi connectivity index (χ2v) is 7.56. The number of nitrogens with zero attached hydrogens (tertiary/aromatic N) is 3. The summed E-state index contributed by atoms with van der Waals surface area (Å²) in [6.45, 7) is 6.63. The molecule has 0 bridgehead atoms. The van der Waals surface area contributed by atoms with Crippen molar-refractivity contribution in [2.24, 2.45) is 7.05 Å². The number of nitrogens with one attached hydrogen (secondary N) is 1. The van der Waals surface area contributed by atoms with Gasteiger partial charge in [-0.05, 0) is 49.5 Å². The lowest BCUT2D eigenvalue weighted by atomic mass is 10.1. The van der Waals surface area contributed by atoms with Gasteiger partial charge in [0.25, 0.3) is 5.91 Å². The highest BCUT2D eigenvalue weighted by Crippen LogP contribution is 2.18. The van der Waals surface area contributed by atoms with E-state index in [1.807, 2.05) is 20.8 Å². The van der Waals surface area contributed by atoms with Crippen LogP contribution in [0.25, 0.3) is 0 Å². The summed E-state index contributed by atoms with van der Waals surface area (Å²) in [5, 5.41) is 7.01. The van der Waals surface area contributed by atoms with Crippen LogP contribution in [0, 0.1) is 0 Å². The standard InChI is InChI=1S/C15H23BrN4O3/c1-15(2,3)23-14(22)20-7-5-6-10(9-20)18-13(21)12-11(16)8-17-19(12)4/h8,10H,5-7,9H2,1-4H3,(H,18,21)/t10-/m0/s1. The van der Waals surface area contributed by atoms with Gasteiger partial charge in [0.05, 0.1) is 10.7 Å². The SMILES string of the molecule is Cn1ncc(Br)c1C(=O)N[C@H]1CCCN(C(=O)OC(C)(C)C)C1. The molecule has 1 aliphatic heterocycles. The van der Waals surface area contributed by atoms with Crippen molar-refractivity contribution in [1.82, 2.24) is 20.0 Å². The fraction of sp³-hybridized carbons (Fsp3) is 0.667. The van der Waals surface area contributed by atoms with E-state index in [-0.39, 0.29) is 18.0 Å². The molecule has 0 aliphatic carbocycles. The second kappa shape index (κ2) is 6.90. The zero-order chi connectivity index (χ0) is 17.2. The van der Waals surface area contributed by atoms with Crippen LogP contribution < -0.4 is 5.32 Å². The summed E-state index contributed by atoms with van der Waals surface area (Å²) < 4.78 is 7.57. The fourth-order valence-electron chi connectivity index (χ4n) is 2.51. The molecule has 23 heavy (non-hydrogen) atoms. The first kappa shape index (κ1) is 17.8. The normalized spacial score (nSPS) is 18.7. The second-order valence-electron chi connectivity index (χ2n) is 6.70. The van der Waals surface area contributed by atoms with Crippen LogP contribution in [0.4, 0.5) is 4.79 Å². The first-order valence-electron chi connectivity index (χ1n) is 7.63. The van der Waals surface area contributed by atoms with Crippen LogP contribution in [0.5, 0.6) is 0 Å². The lowest BCUT2D eigenvalue weighted by molar-refractivity contribution is 0.0185. The summed E-state index contributed by atoms with van der Waals surface area (Å²) in [5.41, 5.74) is -0.0493. The molecule has 1 aromatic heterocycles. The van der Waals surface area contributed by atoms with Gasteiger partial charge in [0.1, 0.15) is 11.3 Å². The predicted molar refractivity (Wildman–Crippen MR) is 89.2 cm³/mol. The molecule has 7 nitrogen and oxygen atoms in total. The minimum Gasteiger partial charge on any atom is -0.444 e. The summed E-state index contributed by atoms with van der Waals surface area (Å²) >= 11 is 3.32. The molecular weight excluding hydrogens is 364 g/mol. The molecule has 1 aliphatic rings. The van der Waals surface area contributed by atoms with E-state index in [2.05, 4.69) is 26.3 Å². The van der Waals surface area contributed by atoms with Crippen LogP contribution >= 0.6 is 15.9 Å². The number of aryl methyl sites for hydroxylation is 1. The number of carbonyl (C=O) groups is 2. The van der Waals surface area contributed by atoms with E-state index in [1.54, 1.807) is 18.1 Å². The number of aromatic nitrogens is 2. The van der Waals surface area contributed by atoms with Crippen LogP contribution in [0.3, 0.4) is 0 Å². The quantitative estimate of drug-likeness (QED) is 0.845. The van der Waals surface area contributed by atoms with Gasteiger partial charge in [0.15, 0.2) is 0 Å². The molecule has 0 spiro atoms. The van der Waals surface area contributed by atoms with Crippen molar-refractivity contribution in [3.8, 4) is 0 Å². The predicted octanol–water partition coefficient (Wildman–Crippen LogP) is 2.31. The number of hydrogen-bond acceptors (Lipinski definition) is 4. The van der Waals surface area contributed by atoms with Gasteiger partial charge in [-0.25, -0.2) is 4.79 Å². The van der Waals surface area contributed by atoms with Crippen LogP contribution in [-0.4, -0.2) is 51.4 Å². The molecule has 0 saturated carbocycles. The number of piperidine rings is 1. The highest BCUT2D eigenvalue weighted by Gasteiger charge is 2.29. The monoisotopic (exact) mass is 386 g/mol. The molecule has 2 heterocycles. The Kier molecular flexibility index (Phi) is 5.33. The minimum atomic E-state index is -0.521. The maximum atomic E-state index is 12.4. The number of ether oxygens (including phenoxy) is 1. The summed E-state index contributed by atoms with van der Waals surface area (Å²) in [4.78, 5) is 26.2. The molecule has 1 atom stereocenters. The van der Waals surface area contributed by atoms with E-state index < -0.39 is 5.60 Å². The zero-order valence-electron chi connectivity index (χ0n) is 13.9. The van der Waals surface area contributed by atoms with Gasteiger partial charge >= 0.3 is 6.09 Å². The Morgan fingerprint density at radius 2 is 2.13 bits per heavy atom. The van der Waals surface area contributed by atoms with Gasteiger partial charge in [0, 0.05) is 26.2 Å². The van der Waals surface area contributed by atoms with Crippen molar-refractivity contribution in [2.75, 3.05) is 13.1 Å². The molecule has 8 heteroatoms. The lowest BCUT2D eigenvalue weighted by Crippen LogP contribution is -2.50. The third-order valence-electron chi connectivity index (χ3n) is 3.52. The maximum absolute atomic E-state index is 12.4. The van der Waals surface area contributed by atoms with Crippen molar-refractivity contribution in [3.05, 3.63) is 16.4 Å². The van der Waals surface area contributed by atoms with Crippen LogP contribution in [0.2, 0.25) is 0 Å². The van der Waals surface area contributed by atoms with E-state index in [0.717, 1.165) is 12.8 Å². The topological polar surface area (TPSA) is 76.5 Å². The highest BCUT2D eigenvalue weighted by molar-refractivity contribution is 9.10. The molecule has 1 aromatic rings. The Bertz CT molecular complexity index is 575. The summed E-state index contributed by atoms with van der Waals surface area (Å²) in [5.74, 6) is -0.201. The average Bonchev–Trinajstić information content (AvgIpc) is 2.76. The molecule has 1 N–H and O–H groups in total. The van der Waals surface area contributed by atoms with Gasteiger partial charge in [-0.1, -0.05) is 0 Å². The van der Waals surface area contributed by atoms with Crippen molar-refractivity contribution < 1.29 is 14.3 Å². The molecule has 0 aromatic carbocycles. The van der Waals surface area contributed by atoms with Gasteiger partial charge < -0.3 is 15.0 Å². The number of carbonyl (C=O) groups excluding carboxylic acids is 2. The lowest BCUT2D eigenvalue weighted by Gasteiger charge is -2.34. The molecule has 1 fully saturated rings. The van der Waals surface area contributed by atoms with Crippen molar-refractivity contribution in [3.63, 3.8) is 0 Å². The Morgan fingerprint density at radius 3 is 2.70 bits per heavy atom. The number of halogens is 1. The first-order valence-corrected chi connectivity index (χ1v) is 8.43. The van der Waals surface area contributed by atoms with Crippen LogP contribution in [0.1, 0.15) is 44.1 Å². The van der Waals surface area contributed by atoms with Gasteiger partial charge in [-0.15, -0.1) is 0 Å². The Labute approximate surface area is 144 Å². The fourth-order valence-corrected chi connectivity index (χ4v) is 3.04. The Hall–Kier alpha value is -1.57.